The van der Waals surface area contributed by atoms with Crippen molar-refractivity contribution in [2.24, 2.45) is 0 Å². The minimum atomic E-state index is -0.773. The van der Waals surface area contributed by atoms with E-state index < -0.39 is 27.1 Å². The van der Waals surface area contributed by atoms with Gasteiger partial charge in [0.15, 0.2) is 0 Å². The van der Waals surface area contributed by atoms with Crippen LogP contribution < -0.4 is 5.32 Å². The molecule has 0 bridgehead atoms. The highest BCUT2D eigenvalue weighted by atomic mass is 16.6. The van der Waals surface area contributed by atoms with Crippen molar-refractivity contribution in [3.05, 3.63) is 79.9 Å². The highest BCUT2D eigenvalue weighted by Crippen LogP contribution is 2.23. The van der Waals surface area contributed by atoms with Crippen molar-refractivity contribution in [1.82, 2.24) is 5.32 Å². The van der Waals surface area contributed by atoms with E-state index in [1.54, 1.807) is 6.92 Å². The Morgan fingerprint density at radius 2 is 1.52 bits per heavy atom. The maximum absolute atomic E-state index is 12.2. The first-order chi connectivity index (χ1) is 10.9. The fraction of sp³-hybridized carbons (Fsp3) is 0.133. The van der Waals surface area contributed by atoms with Gasteiger partial charge < -0.3 is 5.32 Å². The topological polar surface area (TPSA) is 115 Å². The van der Waals surface area contributed by atoms with Crippen molar-refractivity contribution in [3.8, 4) is 0 Å². The van der Waals surface area contributed by atoms with Crippen LogP contribution in [0.3, 0.4) is 0 Å². The van der Waals surface area contributed by atoms with Gasteiger partial charge in [0, 0.05) is 12.1 Å². The summed E-state index contributed by atoms with van der Waals surface area (Å²) in [6, 6.07) is 11.6. The number of nitrogens with zero attached hydrogens (tertiary/aromatic N) is 2. The molecule has 0 unspecified atom stereocenters. The number of benzene rings is 2. The van der Waals surface area contributed by atoms with Crippen LogP contribution in [0, 0.1) is 20.2 Å². The molecule has 8 heteroatoms. The summed E-state index contributed by atoms with van der Waals surface area (Å²) in [5.41, 5.74) is -0.289. The monoisotopic (exact) mass is 315 g/mol. The van der Waals surface area contributed by atoms with E-state index in [-0.39, 0.29) is 11.6 Å². The lowest BCUT2D eigenvalue weighted by Crippen LogP contribution is -2.26. The van der Waals surface area contributed by atoms with Crippen molar-refractivity contribution in [1.29, 1.82) is 0 Å². The molecule has 0 spiro atoms. The van der Waals surface area contributed by atoms with E-state index in [4.69, 9.17) is 0 Å². The van der Waals surface area contributed by atoms with Crippen LogP contribution in [0.5, 0.6) is 0 Å². The maximum Gasteiger partial charge on any atom is 0.277 e. The molecule has 2 rings (SSSR count). The van der Waals surface area contributed by atoms with Gasteiger partial charge in [-0.1, -0.05) is 30.3 Å². The Morgan fingerprint density at radius 1 is 1.00 bits per heavy atom. The van der Waals surface area contributed by atoms with Crippen LogP contribution in [-0.2, 0) is 0 Å². The van der Waals surface area contributed by atoms with Crippen LogP contribution in [-0.4, -0.2) is 15.8 Å². The largest absolute Gasteiger partial charge is 0.346 e. The molecule has 8 nitrogen and oxygen atoms in total. The quantitative estimate of drug-likeness (QED) is 0.672. The number of carbonyl (C=O) groups is 1. The van der Waals surface area contributed by atoms with E-state index in [0.29, 0.717) is 0 Å². The Hall–Kier alpha value is -3.29. The van der Waals surface area contributed by atoms with Gasteiger partial charge in [0.25, 0.3) is 17.3 Å². The van der Waals surface area contributed by atoms with E-state index in [1.807, 2.05) is 30.3 Å². The third-order valence-electron chi connectivity index (χ3n) is 3.23. The molecular formula is C15H13N3O5. The van der Waals surface area contributed by atoms with E-state index in [2.05, 4.69) is 5.32 Å². The zero-order valence-corrected chi connectivity index (χ0v) is 12.1. The number of nitro benzene ring substituents is 2. The molecule has 0 aliphatic carbocycles. The minimum Gasteiger partial charge on any atom is -0.346 e. The van der Waals surface area contributed by atoms with Gasteiger partial charge in [0.05, 0.1) is 27.5 Å². The summed E-state index contributed by atoms with van der Waals surface area (Å²) in [5, 5.41) is 24.4. The molecule has 1 amide bonds. The molecule has 0 saturated carbocycles. The lowest BCUT2D eigenvalue weighted by atomic mass is 10.1. The predicted molar refractivity (Wildman–Crippen MR) is 82.1 cm³/mol. The standard InChI is InChI=1S/C15H13N3O5/c1-10(11-5-3-2-4-6-11)16-15(19)12-7-13(17(20)21)9-14(8-12)18(22)23/h2-10H,1H3,(H,16,19)/t10-/m0/s1. The first-order valence-electron chi connectivity index (χ1n) is 6.68. The van der Waals surface area contributed by atoms with Crippen LogP contribution in [0.2, 0.25) is 0 Å². The minimum absolute atomic E-state index is 0.131. The summed E-state index contributed by atoms with van der Waals surface area (Å²) in [7, 11) is 0. The van der Waals surface area contributed by atoms with Crippen LogP contribution in [0.4, 0.5) is 11.4 Å². The summed E-state index contributed by atoms with van der Waals surface area (Å²) in [6.45, 7) is 1.75. The number of amides is 1. The second kappa shape index (κ2) is 6.65. The Morgan fingerprint density at radius 3 is 2.00 bits per heavy atom. The molecule has 1 N–H and O–H groups in total. The molecule has 2 aromatic rings. The van der Waals surface area contributed by atoms with E-state index in [1.165, 1.54) is 0 Å². The molecule has 1 atom stereocenters. The Labute approximate surface area is 131 Å². The van der Waals surface area contributed by atoms with E-state index in [0.717, 1.165) is 23.8 Å². The molecule has 2 aromatic carbocycles. The third-order valence-corrected chi connectivity index (χ3v) is 3.23. The Kier molecular flexibility index (Phi) is 4.65. The van der Waals surface area contributed by atoms with E-state index >= 15 is 0 Å². The molecule has 118 valence electrons. The number of nitrogens with one attached hydrogen (secondary N) is 1. The number of nitro groups is 2. The summed E-state index contributed by atoms with van der Waals surface area (Å²) >= 11 is 0. The summed E-state index contributed by atoms with van der Waals surface area (Å²) < 4.78 is 0. The Balaban J connectivity index is 2.28. The van der Waals surface area contributed by atoms with Gasteiger partial charge in [-0.2, -0.15) is 0 Å². The number of non-ortho nitro benzene ring substituents is 2. The van der Waals surface area contributed by atoms with Crippen LogP contribution in [0.15, 0.2) is 48.5 Å². The predicted octanol–water partition coefficient (Wildman–Crippen LogP) is 2.99. The van der Waals surface area contributed by atoms with Crippen molar-refractivity contribution in [3.63, 3.8) is 0 Å². The smallest absolute Gasteiger partial charge is 0.277 e. The van der Waals surface area contributed by atoms with Crippen LogP contribution >= 0.6 is 0 Å². The van der Waals surface area contributed by atoms with Crippen molar-refractivity contribution in [2.45, 2.75) is 13.0 Å². The normalized spacial score (nSPS) is 11.5. The Bertz CT molecular complexity index is 729. The average molecular weight is 315 g/mol. The molecule has 23 heavy (non-hydrogen) atoms. The lowest BCUT2D eigenvalue weighted by Gasteiger charge is -2.14. The lowest BCUT2D eigenvalue weighted by molar-refractivity contribution is -0.394. The van der Waals surface area contributed by atoms with Crippen molar-refractivity contribution < 1.29 is 14.6 Å². The van der Waals surface area contributed by atoms with Gasteiger partial charge >= 0.3 is 0 Å². The van der Waals surface area contributed by atoms with Crippen molar-refractivity contribution >= 4 is 17.3 Å². The molecule has 0 saturated heterocycles. The van der Waals surface area contributed by atoms with Crippen molar-refractivity contribution in [2.75, 3.05) is 0 Å². The summed E-state index contributed by atoms with van der Waals surface area (Å²) in [4.78, 5) is 32.4. The molecule has 0 heterocycles. The van der Waals surface area contributed by atoms with Crippen LogP contribution in [0.1, 0.15) is 28.9 Å². The zero-order valence-electron chi connectivity index (χ0n) is 12.1. The SMILES string of the molecule is C[C@H](NC(=O)c1cc([N+](=O)[O-])cc([N+](=O)[O-])c1)c1ccccc1. The van der Waals surface area contributed by atoms with Gasteiger partial charge in [-0.25, -0.2) is 0 Å². The molecular weight excluding hydrogens is 302 g/mol. The first-order valence-corrected chi connectivity index (χ1v) is 6.68. The maximum atomic E-state index is 12.2. The van der Waals surface area contributed by atoms with Gasteiger partial charge in [0.1, 0.15) is 0 Å². The molecule has 0 aromatic heterocycles. The van der Waals surface area contributed by atoms with Gasteiger partial charge in [-0.15, -0.1) is 0 Å². The first kappa shape index (κ1) is 16.1. The third kappa shape index (κ3) is 3.88. The molecule has 0 aliphatic rings. The van der Waals surface area contributed by atoms with Gasteiger partial charge in [-0.3, -0.25) is 25.0 Å². The molecule has 0 aliphatic heterocycles. The summed E-state index contributed by atoms with van der Waals surface area (Å²) in [5.74, 6) is -0.617. The number of hydrogen-bond acceptors (Lipinski definition) is 5. The highest BCUT2D eigenvalue weighted by molar-refractivity contribution is 5.95. The average Bonchev–Trinajstić information content (AvgIpc) is 2.55. The number of carbonyl (C=O) groups excluding carboxylic acids is 1. The van der Waals surface area contributed by atoms with Gasteiger partial charge in [0.2, 0.25) is 0 Å². The summed E-state index contributed by atoms with van der Waals surface area (Å²) in [6.07, 6.45) is 0. The fourth-order valence-electron chi connectivity index (χ4n) is 2.04. The van der Waals surface area contributed by atoms with Gasteiger partial charge in [-0.05, 0) is 12.5 Å². The second-order valence-corrected chi connectivity index (χ2v) is 4.86. The molecule has 0 fully saturated rings. The van der Waals surface area contributed by atoms with Crippen LogP contribution in [0.25, 0.3) is 0 Å². The number of rotatable bonds is 5. The molecule has 0 radical (unpaired) electrons. The second-order valence-electron chi connectivity index (χ2n) is 4.86. The van der Waals surface area contributed by atoms with E-state index in [9.17, 15) is 25.0 Å². The highest BCUT2D eigenvalue weighted by Gasteiger charge is 2.20. The fourth-order valence-corrected chi connectivity index (χ4v) is 2.04. The zero-order chi connectivity index (χ0) is 17.0. The number of hydrogen-bond donors (Lipinski definition) is 1.